The number of aromatic amines is 1. The minimum absolute atomic E-state index is 0.162. The molecule has 20 heavy (non-hydrogen) atoms. The summed E-state index contributed by atoms with van der Waals surface area (Å²) in [5.41, 5.74) is -0.749. The molecule has 0 radical (unpaired) electrons. The Labute approximate surface area is 118 Å². The van der Waals surface area contributed by atoms with Crippen molar-refractivity contribution in [2.45, 2.75) is 52.1 Å². The van der Waals surface area contributed by atoms with Crippen molar-refractivity contribution in [3.63, 3.8) is 0 Å². The summed E-state index contributed by atoms with van der Waals surface area (Å²) in [4.78, 5) is 28.1. The monoisotopic (exact) mass is 281 g/mol. The predicted octanol–water partition coefficient (Wildman–Crippen LogP) is 0.679. The zero-order valence-electron chi connectivity index (χ0n) is 12.2. The van der Waals surface area contributed by atoms with Crippen molar-refractivity contribution < 1.29 is 5.11 Å². The van der Waals surface area contributed by atoms with E-state index in [1.54, 1.807) is 6.92 Å². The van der Waals surface area contributed by atoms with E-state index in [-0.39, 0.29) is 17.5 Å². The maximum absolute atomic E-state index is 11.9. The van der Waals surface area contributed by atoms with Gasteiger partial charge in [-0.05, 0) is 39.3 Å². The molecule has 2 rings (SSSR count). The van der Waals surface area contributed by atoms with Gasteiger partial charge in [-0.25, -0.2) is 4.79 Å². The highest BCUT2D eigenvalue weighted by molar-refractivity contribution is 5.22. The van der Waals surface area contributed by atoms with Crippen LogP contribution in [0.5, 0.6) is 5.88 Å². The molecule has 6 nitrogen and oxygen atoms in total. The van der Waals surface area contributed by atoms with Crippen LogP contribution in [0.4, 0.5) is 0 Å². The van der Waals surface area contributed by atoms with Crippen molar-refractivity contribution in [1.82, 2.24) is 14.5 Å². The van der Waals surface area contributed by atoms with E-state index in [0.717, 1.165) is 13.1 Å². The summed E-state index contributed by atoms with van der Waals surface area (Å²) >= 11 is 0. The summed E-state index contributed by atoms with van der Waals surface area (Å²) < 4.78 is 1.28. The van der Waals surface area contributed by atoms with Gasteiger partial charge < -0.3 is 5.11 Å². The lowest BCUT2D eigenvalue weighted by molar-refractivity contribution is 0.155. The number of nitrogens with one attached hydrogen (secondary N) is 1. The van der Waals surface area contributed by atoms with Gasteiger partial charge in [-0.15, -0.1) is 0 Å². The lowest BCUT2D eigenvalue weighted by Crippen LogP contribution is -2.43. The molecule has 1 aromatic heterocycles. The van der Waals surface area contributed by atoms with E-state index in [1.165, 1.54) is 23.8 Å². The first-order valence-electron chi connectivity index (χ1n) is 7.33. The number of hydrogen-bond acceptors (Lipinski definition) is 4. The second-order valence-corrected chi connectivity index (χ2v) is 5.47. The quantitative estimate of drug-likeness (QED) is 0.850. The van der Waals surface area contributed by atoms with Gasteiger partial charge in [0, 0.05) is 12.6 Å². The Hall–Kier alpha value is -1.56. The molecule has 1 aromatic rings. The van der Waals surface area contributed by atoms with Crippen LogP contribution in [-0.4, -0.2) is 38.7 Å². The lowest BCUT2D eigenvalue weighted by Gasteiger charge is -2.32. The van der Waals surface area contributed by atoms with E-state index in [0.29, 0.717) is 13.0 Å². The highest BCUT2D eigenvalue weighted by Gasteiger charge is 2.20. The van der Waals surface area contributed by atoms with Crippen LogP contribution in [-0.2, 0) is 13.0 Å². The van der Waals surface area contributed by atoms with Gasteiger partial charge >= 0.3 is 5.69 Å². The maximum atomic E-state index is 11.9. The average Bonchev–Trinajstić information content (AvgIpc) is 2.44. The molecule has 1 unspecified atom stereocenters. The van der Waals surface area contributed by atoms with Crippen molar-refractivity contribution in [2.24, 2.45) is 0 Å². The molecule has 1 aliphatic heterocycles. The SMILES string of the molecule is CCc1c(O)n(CC(C)N2CCCCC2)c(=O)[nH]c1=O. The summed E-state index contributed by atoms with van der Waals surface area (Å²) in [6.45, 7) is 6.29. The Morgan fingerprint density at radius 1 is 1.25 bits per heavy atom. The van der Waals surface area contributed by atoms with Crippen LogP contribution in [0.3, 0.4) is 0 Å². The van der Waals surface area contributed by atoms with Gasteiger partial charge in [0.05, 0.1) is 5.56 Å². The van der Waals surface area contributed by atoms with Gasteiger partial charge in [-0.3, -0.25) is 19.2 Å². The molecule has 2 N–H and O–H groups in total. The summed E-state index contributed by atoms with van der Waals surface area (Å²) in [5, 5.41) is 10.1. The first-order valence-corrected chi connectivity index (χ1v) is 7.33. The van der Waals surface area contributed by atoms with E-state index in [9.17, 15) is 14.7 Å². The van der Waals surface area contributed by atoms with Gasteiger partial charge in [-0.2, -0.15) is 0 Å². The van der Waals surface area contributed by atoms with Crippen molar-refractivity contribution in [2.75, 3.05) is 13.1 Å². The van der Waals surface area contributed by atoms with Gasteiger partial charge in [0.25, 0.3) is 5.56 Å². The smallest absolute Gasteiger partial charge is 0.331 e. The van der Waals surface area contributed by atoms with Gasteiger partial charge in [0.1, 0.15) is 0 Å². The molecule has 2 heterocycles. The van der Waals surface area contributed by atoms with Crippen LogP contribution in [0.15, 0.2) is 9.59 Å². The number of rotatable bonds is 4. The van der Waals surface area contributed by atoms with Crippen molar-refractivity contribution in [3.05, 3.63) is 26.4 Å². The predicted molar refractivity (Wildman–Crippen MR) is 77.3 cm³/mol. The first kappa shape index (κ1) is 14.8. The molecule has 1 aliphatic rings. The molecule has 6 heteroatoms. The first-order chi connectivity index (χ1) is 9.54. The fourth-order valence-corrected chi connectivity index (χ4v) is 2.83. The average molecular weight is 281 g/mol. The fraction of sp³-hybridized carbons (Fsp3) is 0.714. The van der Waals surface area contributed by atoms with E-state index >= 15 is 0 Å². The summed E-state index contributed by atoms with van der Waals surface area (Å²) in [5.74, 6) is -0.190. The Morgan fingerprint density at radius 3 is 2.50 bits per heavy atom. The normalized spacial score (nSPS) is 18.1. The zero-order chi connectivity index (χ0) is 14.7. The highest BCUT2D eigenvalue weighted by atomic mass is 16.3. The van der Waals surface area contributed by atoms with Crippen LogP contribution in [0, 0.1) is 0 Å². The Morgan fingerprint density at radius 2 is 1.90 bits per heavy atom. The number of likely N-dealkylation sites (tertiary alicyclic amines) is 1. The zero-order valence-corrected chi connectivity index (χ0v) is 12.2. The largest absolute Gasteiger partial charge is 0.494 e. The third-order valence-electron chi connectivity index (χ3n) is 4.08. The van der Waals surface area contributed by atoms with Gasteiger partial charge in [0.15, 0.2) is 0 Å². The Kier molecular flexibility index (Phi) is 4.65. The Bertz CT molecular complexity index is 570. The molecule has 0 aliphatic carbocycles. The van der Waals surface area contributed by atoms with E-state index in [4.69, 9.17) is 0 Å². The topological polar surface area (TPSA) is 78.3 Å². The number of aromatic hydroxyl groups is 1. The third kappa shape index (κ3) is 2.95. The second kappa shape index (κ2) is 6.26. The molecule has 0 bridgehead atoms. The molecule has 0 aromatic carbocycles. The molecule has 0 amide bonds. The Balaban J connectivity index is 2.24. The minimum Gasteiger partial charge on any atom is -0.494 e. The number of piperidine rings is 1. The summed E-state index contributed by atoms with van der Waals surface area (Å²) in [6, 6.07) is 0.162. The lowest BCUT2D eigenvalue weighted by atomic mass is 10.1. The molecular formula is C14H23N3O3. The maximum Gasteiger partial charge on any atom is 0.331 e. The summed E-state index contributed by atoms with van der Waals surface area (Å²) in [6.07, 6.45) is 4.01. The van der Waals surface area contributed by atoms with Crippen LogP contribution < -0.4 is 11.2 Å². The minimum atomic E-state index is -0.534. The van der Waals surface area contributed by atoms with Crippen molar-refractivity contribution in [3.8, 4) is 5.88 Å². The van der Waals surface area contributed by atoms with Crippen LogP contribution in [0.25, 0.3) is 0 Å². The van der Waals surface area contributed by atoms with E-state index in [2.05, 4.69) is 9.88 Å². The molecular weight excluding hydrogens is 258 g/mol. The molecule has 1 atom stereocenters. The second-order valence-electron chi connectivity index (χ2n) is 5.47. The number of H-pyrrole nitrogens is 1. The summed E-state index contributed by atoms with van der Waals surface area (Å²) in [7, 11) is 0. The number of hydrogen-bond donors (Lipinski definition) is 2. The molecule has 0 saturated carbocycles. The van der Waals surface area contributed by atoms with E-state index in [1.807, 2.05) is 6.92 Å². The van der Waals surface area contributed by atoms with Crippen LogP contribution in [0.2, 0.25) is 0 Å². The van der Waals surface area contributed by atoms with Gasteiger partial charge in [0.2, 0.25) is 5.88 Å². The third-order valence-corrected chi connectivity index (χ3v) is 4.08. The van der Waals surface area contributed by atoms with Crippen LogP contribution in [0.1, 0.15) is 38.7 Å². The molecule has 0 spiro atoms. The standard InChI is InChI=1S/C14H23N3O3/c1-3-11-12(18)15-14(20)17(13(11)19)9-10(2)16-7-5-4-6-8-16/h10,19H,3-9H2,1-2H3,(H,15,18,20). The van der Waals surface area contributed by atoms with Crippen molar-refractivity contribution in [1.29, 1.82) is 0 Å². The molecule has 1 fully saturated rings. The van der Waals surface area contributed by atoms with Gasteiger partial charge in [-0.1, -0.05) is 13.3 Å². The fourth-order valence-electron chi connectivity index (χ4n) is 2.83. The number of aromatic nitrogens is 2. The van der Waals surface area contributed by atoms with Crippen LogP contribution >= 0.6 is 0 Å². The molecule has 112 valence electrons. The molecule has 1 saturated heterocycles. The van der Waals surface area contributed by atoms with Crippen molar-refractivity contribution >= 4 is 0 Å². The highest BCUT2D eigenvalue weighted by Crippen LogP contribution is 2.16. The number of nitrogens with zero attached hydrogens (tertiary/aromatic N) is 2. The van der Waals surface area contributed by atoms with E-state index < -0.39 is 11.2 Å².